The first-order chi connectivity index (χ1) is 7.30. The van der Waals surface area contributed by atoms with E-state index in [1.165, 1.54) is 5.57 Å². The number of nitrogens with one attached hydrogen (secondary N) is 1. The van der Waals surface area contributed by atoms with Crippen LogP contribution in [-0.4, -0.2) is 13.6 Å². The highest BCUT2D eigenvalue weighted by Crippen LogP contribution is 2.10. The molecule has 0 bridgehead atoms. The first kappa shape index (κ1) is 11.5. The topological polar surface area (TPSA) is 35.8 Å². The summed E-state index contributed by atoms with van der Waals surface area (Å²) in [7, 11) is 1.94. The Bertz CT molecular complexity index is 386. The van der Waals surface area contributed by atoms with Crippen LogP contribution in [0, 0.1) is 11.3 Å². The minimum Gasteiger partial charge on any atom is -0.316 e. The molecule has 0 fully saturated rings. The summed E-state index contributed by atoms with van der Waals surface area (Å²) < 4.78 is 0. The third-order valence-electron chi connectivity index (χ3n) is 2.24. The Morgan fingerprint density at radius 3 is 2.93 bits per heavy atom. The van der Waals surface area contributed by atoms with Crippen LogP contribution in [0.1, 0.15) is 24.5 Å². The van der Waals surface area contributed by atoms with E-state index in [2.05, 4.69) is 24.4 Å². The van der Waals surface area contributed by atoms with E-state index < -0.39 is 0 Å². The van der Waals surface area contributed by atoms with Gasteiger partial charge in [0, 0.05) is 6.54 Å². The second-order valence-electron chi connectivity index (χ2n) is 3.42. The Hall–Kier alpha value is -1.59. The first-order valence-corrected chi connectivity index (χ1v) is 5.14. The molecule has 0 spiro atoms. The molecule has 1 aromatic carbocycles. The molecule has 0 heterocycles. The van der Waals surface area contributed by atoms with Gasteiger partial charge < -0.3 is 5.32 Å². The van der Waals surface area contributed by atoms with Crippen molar-refractivity contribution < 1.29 is 0 Å². The monoisotopic (exact) mass is 200 g/mol. The Morgan fingerprint density at radius 2 is 2.33 bits per heavy atom. The highest BCUT2D eigenvalue weighted by Gasteiger charge is 1.95. The summed E-state index contributed by atoms with van der Waals surface area (Å²) in [4.78, 5) is 0. The number of hydrogen-bond acceptors (Lipinski definition) is 2. The lowest BCUT2D eigenvalue weighted by Gasteiger charge is -2.03. The first-order valence-electron chi connectivity index (χ1n) is 5.14. The Labute approximate surface area is 91.2 Å². The van der Waals surface area contributed by atoms with Crippen LogP contribution in [-0.2, 0) is 0 Å². The van der Waals surface area contributed by atoms with Crippen molar-refractivity contribution in [2.75, 3.05) is 13.6 Å². The van der Waals surface area contributed by atoms with Gasteiger partial charge in [-0.05, 0) is 31.2 Å². The van der Waals surface area contributed by atoms with Crippen molar-refractivity contribution in [1.82, 2.24) is 5.32 Å². The molecule has 1 rings (SSSR count). The summed E-state index contributed by atoms with van der Waals surface area (Å²) in [5, 5.41) is 11.9. The second kappa shape index (κ2) is 6.00. The van der Waals surface area contributed by atoms with Crippen molar-refractivity contribution in [3.63, 3.8) is 0 Å². The summed E-state index contributed by atoms with van der Waals surface area (Å²) in [5.74, 6) is 0. The molecule has 0 aliphatic heterocycles. The van der Waals surface area contributed by atoms with Gasteiger partial charge in [0.2, 0.25) is 0 Å². The van der Waals surface area contributed by atoms with Gasteiger partial charge in [-0.3, -0.25) is 0 Å². The van der Waals surface area contributed by atoms with E-state index in [-0.39, 0.29) is 0 Å². The van der Waals surface area contributed by atoms with Gasteiger partial charge in [-0.1, -0.05) is 30.7 Å². The maximum atomic E-state index is 8.77. The third-order valence-corrected chi connectivity index (χ3v) is 2.24. The fourth-order valence-electron chi connectivity index (χ4n) is 1.44. The Morgan fingerprint density at radius 1 is 1.53 bits per heavy atom. The molecule has 0 radical (unpaired) electrons. The molecule has 0 aliphatic carbocycles. The number of hydrogen-bond donors (Lipinski definition) is 1. The summed E-state index contributed by atoms with van der Waals surface area (Å²) in [6, 6.07) is 9.81. The number of likely N-dealkylation sites (N-methyl/N-ethyl adjacent to an activating group) is 1. The molecule has 2 nitrogen and oxygen atoms in total. The third kappa shape index (κ3) is 3.57. The van der Waals surface area contributed by atoms with Crippen molar-refractivity contribution >= 4 is 6.08 Å². The van der Waals surface area contributed by atoms with Crippen molar-refractivity contribution in [3.8, 4) is 6.07 Å². The van der Waals surface area contributed by atoms with Crippen LogP contribution in [0.4, 0.5) is 0 Å². The Balaban J connectivity index is 2.91. The van der Waals surface area contributed by atoms with E-state index >= 15 is 0 Å². The van der Waals surface area contributed by atoms with Crippen LogP contribution in [0.3, 0.4) is 0 Å². The molecule has 78 valence electrons. The fraction of sp³-hybridized carbons (Fsp3) is 0.308. The zero-order valence-corrected chi connectivity index (χ0v) is 9.25. The molecule has 0 aliphatic rings. The van der Waals surface area contributed by atoms with Crippen LogP contribution in [0.5, 0.6) is 0 Å². The normalized spacial score (nSPS) is 11.1. The number of rotatable bonds is 4. The Kier molecular flexibility index (Phi) is 4.59. The minimum absolute atomic E-state index is 0.712. The average Bonchev–Trinajstić information content (AvgIpc) is 2.29. The quantitative estimate of drug-likeness (QED) is 0.810. The molecule has 0 saturated heterocycles. The van der Waals surface area contributed by atoms with Gasteiger partial charge in [0.15, 0.2) is 0 Å². The van der Waals surface area contributed by atoms with Crippen LogP contribution < -0.4 is 5.32 Å². The maximum Gasteiger partial charge on any atom is 0.0991 e. The van der Waals surface area contributed by atoms with Crippen molar-refractivity contribution in [1.29, 1.82) is 5.26 Å². The van der Waals surface area contributed by atoms with Crippen LogP contribution >= 0.6 is 0 Å². The molecule has 0 amide bonds. The largest absolute Gasteiger partial charge is 0.316 e. The summed E-state index contributed by atoms with van der Waals surface area (Å²) in [6.07, 6.45) is 3.16. The predicted molar refractivity (Wildman–Crippen MR) is 63.4 cm³/mol. The van der Waals surface area contributed by atoms with Gasteiger partial charge in [0.25, 0.3) is 0 Å². The van der Waals surface area contributed by atoms with Crippen molar-refractivity contribution in [2.24, 2.45) is 0 Å². The van der Waals surface area contributed by atoms with E-state index in [1.54, 1.807) is 0 Å². The molecule has 1 N–H and O–H groups in total. The minimum atomic E-state index is 0.712. The molecule has 0 atom stereocenters. The van der Waals surface area contributed by atoms with E-state index in [0.717, 1.165) is 18.5 Å². The van der Waals surface area contributed by atoms with Gasteiger partial charge in [-0.2, -0.15) is 5.26 Å². The zero-order chi connectivity index (χ0) is 11.1. The van der Waals surface area contributed by atoms with Crippen molar-refractivity contribution in [2.45, 2.75) is 13.3 Å². The highest BCUT2D eigenvalue weighted by molar-refractivity contribution is 5.55. The van der Waals surface area contributed by atoms with Crippen molar-refractivity contribution in [3.05, 3.63) is 41.0 Å². The highest BCUT2D eigenvalue weighted by atomic mass is 14.8. The van der Waals surface area contributed by atoms with Gasteiger partial charge in [-0.15, -0.1) is 0 Å². The SMILES string of the molecule is CCC(=Cc1cccc(C#N)c1)CNC. The van der Waals surface area contributed by atoms with E-state index in [1.807, 2.05) is 31.3 Å². The molecule has 1 aromatic rings. The summed E-state index contributed by atoms with van der Waals surface area (Å²) in [5.41, 5.74) is 3.15. The number of nitrogens with zero attached hydrogens (tertiary/aromatic N) is 1. The number of benzene rings is 1. The average molecular weight is 200 g/mol. The molecular formula is C13H16N2. The van der Waals surface area contributed by atoms with Gasteiger partial charge in [0.05, 0.1) is 11.6 Å². The van der Waals surface area contributed by atoms with Gasteiger partial charge >= 0.3 is 0 Å². The molecule has 15 heavy (non-hydrogen) atoms. The lowest BCUT2D eigenvalue weighted by Crippen LogP contribution is -2.09. The molecular weight excluding hydrogens is 184 g/mol. The smallest absolute Gasteiger partial charge is 0.0991 e. The van der Waals surface area contributed by atoms with E-state index in [9.17, 15) is 0 Å². The molecule has 0 unspecified atom stereocenters. The van der Waals surface area contributed by atoms with Gasteiger partial charge in [-0.25, -0.2) is 0 Å². The van der Waals surface area contributed by atoms with E-state index in [0.29, 0.717) is 5.56 Å². The molecule has 0 saturated carbocycles. The lowest BCUT2D eigenvalue weighted by atomic mass is 10.1. The fourth-order valence-corrected chi connectivity index (χ4v) is 1.44. The van der Waals surface area contributed by atoms with Gasteiger partial charge in [0.1, 0.15) is 0 Å². The van der Waals surface area contributed by atoms with Crippen LogP contribution in [0.15, 0.2) is 29.8 Å². The maximum absolute atomic E-state index is 8.77. The van der Waals surface area contributed by atoms with Crippen LogP contribution in [0.25, 0.3) is 6.08 Å². The summed E-state index contributed by atoms with van der Waals surface area (Å²) >= 11 is 0. The lowest BCUT2D eigenvalue weighted by molar-refractivity contribution is 0.851. The predicted octanol–water partition coefficient (Wildman–Crippen LogP) is 2.57. The number of nitriles is 1. The molecule has 0 aromatic heterocycles. The zero-order valence-electron chi connectivity index (χ0n) is 9.25. The molecule has 2 heteroatoms. The van der Waals surface area contributed by atoms with Crippen LogP contribution in [0.2, 0.25) is 0 Å². The summed E-state index contributed by atoms with van der Waals surface area (Å²) in [6.45, 7) is 3.03. The second-order valence-corrected chi connectivity index (χ2v) is 3.42. The van der Waals surface area contributed by atoms with E-state index in [4.69, 9.17) is 5.26 Å². The standard InChI is InChI=1S/C13H16N2/c1-3-11(10-15-2)7-12-5-4-6-13(8-12)9-14/h4-8,15H,3,10H2,1-2H3.